The molecule has 5 nitrogen and oxygen atoms in total. The van der Waals surface area contributed by atoms with E-state index in [2.05, 4.69) is 27.3 Å². The summed E-state index contributed by atoms with van der Waals surface area (Å²) in [5, 5.41) is 11.4. The zero-order valence-electron chi connectivity index (χ0n) is 8.06. The van der Waals surface area contributed by atoms with E-state index < -0.39 is 0 Å². The second kappa shape index (κ2) is 3.33. The van der Waals surface area contributed by atoms with Crippen molar-refractivity contribution in [3.63, 3.8) is 0 Å². The second-order valence-corrected chi connectivity index (χ2v) is 3.54. The van der Waals surface area contributed by atoms with Gasteiger partial charge in [-0.2, -0.15) is 0 Å². The van der Waals surface area contributed by atoms with Crippen LogP contribution in [0.15, 0.2) is 6.33 Å². The van der Waals surface area contributed by atoms with Gasteiger partial charge in [0.1, 0.15) is 6.33 Å². The molecule has 1 atom stereocenters. The van der Waals surface area contributed by atoms with Crippen molar-refractivity contribution < 1.29 is 0 Å². The Labute approximate surface area is 77.8 Å². The lowest BCUT2D eigenvalue weighted by molar-refractivity contribution is 0.476. The summed E-state index contributed by atoms with van der Waals surface area (Å²) in [6.45, 7) is 5.22. The molecule has 1 saturated heterocycles. The van der Waals surface area contributed by atoms with Crippen molar-refractivity contribution in [1.82, 2.24) is 20.1 Å². The van der Waals surface area contributed by atoms with Gasteiger partial charge in [0.05, 0.1) is 0 Å². The highest BCUT2D eigenvalue weighted by molar-refractivity contribution is 5.30. The van der Waals surface area contributed by atoms with Crippen molar-refractivity contribution >= 4 is 5.95 Å². The zero-order valence-corrected chi connectivity index (χ0v) is 8.06. The van der Waals surface area contributed by atoms with Crippen molar-refractivity contribution in [1.29, 1.82) is 0 Å². The lowest BCUT2D eigenvalue weighted by Gasteiger charge is -2.31. The maximum atomic E-state index is 4.08. The highest BCUT2D eigenvalue weighted by atomic mass is 15.4. The van der Waals surface area contributed by atoms with Gasteiger partial charge in [-0.3, -0.25) is 0 Å². The van der Waals surface area contributed by atoms with E-state index in [1.165, 1.54) is 0 Å². The average molecular weight is 181 g/mol. The van der Waals surface area contributed by atoms with E-state index in [1.54, 1.807) is 6.33 Å². The molecule has 0 spiro atoms. The summed E-state index contributed by atoms with van der Waals surface area (Å²) in [5.74, 6) is 0.966. The molecule has 0 bridgehead atoms. The van der Waals surface area contributed by atoms with Crippen LogP contribution in [0.4, 0.5) is 5.95 Å². The van der Waals surface area contributed by atoms with Crippen molar-refractivity contribution in [3.05, 3.63) is 6.33 Å². The predicted octanol–water partition coefficient (Wildman–Crippen LogP) is -0.387. The molecule has 0 radical (unpaired) electrons. The fourth-order valence-corrected chi connectivity index (χ4v) is 1.68. The van der Waals surface area contributed by atoms with E-state index in [4.69, 9.17) is 0 Å². The molecule has 5 heteroatoms. The van der Waals surface area contributed by atoms with Gasteiger partial charge in [-0.15, -0.1) is 10.2 Å². The second-order valence-electron chi connectivity index (χ2n) is 3.54. The molecule has 1 aromatic heterocycles. The Morgan fingerprint density at radius 3 is 3.08 bits per heavy atom. The van der Waals surface area contributed by atoms with Crippen molar-refractivity contribution in [3.8, 4) is 0 Å². The maximum absolute atomic E-state index is 4.08. The van der Waals surface area contributed by atoms with Gasteiger partial charge >= 0.3 is 0 Å². The van der Waals surface area contributed by atoms with Gasteiger partial charge in [-0.25, -0.2) is 0 Å². The summed E-state index contributed by atoms with van der Waals surface area (Å²) in [4.78, 5) is 2.26. The molecule has 0 amide bonds. The molecule has 1 aliphatic heterocycles. The Bertz CT molecular complexity index is 282. The third-order valence-corrected chi connectivity index (χ3v) is 2.34. The van der Waals surface area contributed by atoms with Gasteiger partial charge in [0, 0.05) is 32.7 Å². The molecular weight excluding hydrogens is 166 g/mol. The quantitative estimate of drug-likeness (QED) is 0.641. The summed E-state index contributed by atoms with van der Waals surface area (Å²) in [6, 6.07) is 0.533. The third-order valence-electron chi connectivity index (χ3n) is 2.34. The molecule has 1 aliphatic rings. The van der Waals surface area contributed by atoms with Crippen LogP contribution in [0, 0.1) is 0 Å². The summed E-state index contributed by atoms with van der Waals surface area (Å²) in [7, 11) is 1.97. The predicted molar refractivity (Wildman–Crippen MR) is 50.7 cm³/mol. The van der Waals surface area contributed by atoms with E-state index in [9.17, 15) is 0 Å². The van der Waals surface area contributed by atoms with E-state index in [0.717, 1.165) is 25.6 Å². The number of hydrogen-bond acceptors (Lipinski definition) is 4. The largest absolute Gasteiger partial charge is 0.338 e. The fourth-order valence-electron chi connectivity index (χ4n) is 1.68. The minimum atomic E-state index is 0.533. The zero-order chi connectivity index (χ0) is 9.26. The number of rotatable bonds is 1. The molecule has 2 heterocycles. The normalized spacial score (nSPS) is 23.5. The molecule has 1 unspecified atom stereocenters. The molecule has 2 rings (SSSR count). The van der Waals surface area contributed by atoms with Gasteiger partial charge in [0.15, 0.2) is 0 Å². The molecule has 13 heavy (non-hydrogen) atoms. The number of nitrogens with one attached hydrogen (secondary N) is 1. The van der Waals surface area contributed by atoms with E-state index in [1.807, 2.05) is 11.6 Å². The Hall–Kier alpha value is -1.10. The first kappa shape index (κ1) is 8.50. The highest BCUT2D eigenvalue weighted by Crippen LogP contribution is 2.10. The standard InChI is InChI=1S/C8H15N5/c1-7-5-13(4-3-9-7)8-11-10-6-12(8)2/h6-7,9H,3-5H2,1-2H3. The van der Waals surface area contributed by atoms with Crippen LogP contribution in [0.3, 0.4) is 0 Å². The molecular formula is C8H15N5. The smallest absolute Gasteiger partial charge is 0.226 e. The molecule has 1 aromatic rings. The third kappa shape index (κ3) is 1.65. The molecule has 0 aliphatic carbocycles. The molecule has 0 saturated carbocycles. The van der Waals surface area contributed by atoms with Crippen LogP contribution in [0.25, 0.3) is 0 Å². The lowest BCUT2D eigenvalue weighted by Crippen LogP contribution is -2.50. The average Bonchev–Trinajstić information content (AvgIpc) is 2.51. The van der Waals surface area contributed by atoms with Crippen LogP contribution in [-0.2, 0) is 7.05 Å². The van der Waals surface area contributed by atoms with E-state index >= 15 is 0 Å². The van der Waals surface area contributed by atoms with Crippen LogP contribution >= 0.6 is 0 Å². The summed E-state index contributed by atoms with van der Waals surface area (Å²) < 4.78 is 1.96. The van der Waals surface area contributed by atoms with Gasteiger partial charge < -0.3 is 14.8 Å². The SMILES string of the molecule is CC1CN(c2nncn2C)CCN1. The first-order chi connectivity index (χ1) is 6.27. The van der Waals surface area contributed by atoms with Gasteiger partial charge in [0.2, 0.25) is 5.95 Å². The summed E-state index contributed by atoms with van der Waals surface area (Å²) >= 11 is 0. The van der Waals surface area contributed by atoms with Crippen molar-refractivity contribution in [2.24, 2.45) is 7.05 Å². The molecule has 0 aromatic carbocycles. The maximum Gasteiger partial charge on any atom is 0.226 e. The topological polar surface area (TPSA) is 46.0 Å². The van der Waals surface area contributed by atoms with E-state index in [0.29, 0.717) is 6.04 Å². The Morgan fingerprint density at radius 2 is 2.46 bits per heavy atom. The van der Waals surface area contributed by atoms with Crippen molar-refractivity contribution in [2.45, 2.75) is 13.0 Å². The number of aryl methyl sites for hydroxylation is 1. The minimum absolute atomic E-state index is 0.533. The Morgan fingerprint density at radius 1 is 1.62 bits per heavy atom. The number of aromatic nitrogens is 3. The highest BCUT2D eigenvalue weighted by Gasteiger charge is 2.18. The number of piperazine rings is 1. The number of nitrogens with zero attached hydrogens (tertiary/aromatic N) is 4. The van der Waals surface area contributed by atoms with Crippen LogP contribution < -0.4 is 10.2 Å². The minimum Gasteiger partial charge on any atom is -0.338 e. The first-order valence-electron chi connectivity index (χ1n) is 4.59. The van der Waals surface area contributed by atoms with Crippen molar-refractivity contribution in [2.75, 3.05) is 24.5 Å². The fraction of sp³-hybridized carbons (Fsp3) is 0.750. The van der Waals surface area contributed by atoms with Crippen LogP contribution in [0.5, 0.6) is 0 Å². The molecule has 72 valence electrons. The Kier molecular flexibility index (Phi) is 2.18. The monoisotopic (exact) mass is 181 g/mol. The summed E-state index contributed by atoms with van der Waals surface area (Å²) in [5.41, 5.74) is 0. The molecule has 1 fully saturated rings. The van der Waals surface area contributed by atoms with Crippen LogP contribution in [-0.4, -0.2) is 40.4 Å². The van der Waals surface area contributed by atoms with Crippen LogP contribution in [0.1, 0.15) is 6.92 Å². The van der Waals surface area contributed by atoms with Gasteiger partial charge in [0.25, 0.3) is 0 Å². The van der Waals surface area contributed by atoms with E-state index in [-0.39, 0.29) is 0 Å². The first-order valence-corrected chi connectivity index (χ1v) is 4.59. The number of anilines is 1. The summed E-state index contributed by atoms with van der Waals surface area (Å²) in [6.07, 6.45) is 1.74. The Balaban J connectivity index is 2.12. The van der Waals surface area contributed by atoms with Gasteiger partial charge in [-0.05, 0) is 6.92 Å². The number of hydrogen-bond donors (Lipinski definition) is 1. The lowest BCUT2D eigenvalue weighted by atomic mass is 10.2. The molecule has 1 N–H and O–H groups in total. The van der Waals surface area contributed by atoms with Gasteiger partial charge in [-0.1, -0.05) is 0 Å². The van der Waals surface area contributed by atoms with Crippen LogP contribution in [0.2, 0.25) is 0 Å².